The zero-order chi connectivity index (χ0) is 31.9. The van der Waals surface area contributed by atoms with Gasteiger partial charge in [-0.3, -0.25) is 9.10 Å². The molecule has 1 N–H and O–H groups in total. The minimum Gasteiger partial charge on any atom is -0.465 e. The minimum atomic E-state index is -3.96. The molecule has 0 unspecified atom stereocenters. The lowest BCUT2D eigenvalue weighted by atomic mass is 10.00. The van der Waals surface area contributed by atoms with Gasteiger partial charge in [0.05, 0.1) is 49.4 Å². The number of fused-ring (bicyclic) bond motifs is 1. The van der Waals surface area contributed by atoms with E-state index in [2.05, 4.69) is 21.2 Å². The van der Waals surface area contributed by atoms with Gasteiger partial charge in [-0.2, -0.15) is 0 Å². The Kier molecular flexibility index (Phi) is 8.54. The number of ether oxygens (including phenoxy) is 2. The van der Waals surface area contributed by atoms with Crippen LogP contribution in [0.25, 0.3) is 22.3 Å². The molecule has 0 bridgehead atoms. The van der Waals surface area contributed by atoms with Gasteiger partial charge in [0, 0.05) is 28.5 Å². The van der Waals surface area contributed by atoms with Gasteiger partial charge in [-0.05, 0) is 88.3 Å². The fourth-order valence-corrected chi connectivity index (χ4v) is 6.53. The quantitative estimate of drug-likeness (QED) is 0.219. The Morgan fingerprint density at radius 3 is 2.11 bits per heavy atom. The Hall–Kier alpha value is -4.23. The molecule has 0 radical (unpaired) electrons. The summed E-state index contributed by atoms with van der Waals surface area (Å²) >= 11 is 3.27. The Balaban J connectivity index is 1.72. The number of benzene rings is 3. The molecule has 230 valence electrons. The van der Waals surface area contributed by atoms with Crippen molar-refractivity contribution in [2.75, 3.05) is 31.8 Å². The fourth-order valence-electron chi connectivity index (χ4n) is 5.08. The molecule has 0 spiro atoms. The molecule has 44 heavy (non-hydrogen) atoms. The highest BCUT2D eigenvalue weighted by atomic mass is 79.9. The Morgan fingerprint density at radius 1 is 1.02 bits per heavy atom. The van der Waals surface area contributed by atoms with Gasteiger partial charge in [-0.15, -0.1) is 0 Å². The van der Waals surface area contributed by atoms with Crippen LogP contribution in [0.3, 0.4) is 0 Å². The molecular weight excluding hydrogens is 659 g/mol. The van der Waals surface area contributed by atoms with E-state index in [0.29, 0.717) is 27.8 Å². The lowest BCUT2D eigenvalue weighted by molar-refractivity contribution is 0.0596. The smallest absolute Gasteiger partial charge is 0.339 e. The summed E-state index contributed by atoms with van der Waals surface area (Å²) in [6.45, 7) is -0.251. The zero-order valence-electron chi connectivity index (χ0n) is 24.2. The van der Waals surface area contributed by atoms with Crippen LogP contribution < -0.4 is 9.62 Å². The van der Waals surface area contributed by atoms with Gasteiger partial charge in [-0.25, -0.2) is 22.4 Å². The van der Waals surface area contributed by atoms with E-state index in [4.69, 9.17) is 13.9 Å². The maximum absolute atomic E-state index is 13.7. The second-order valence-corrected chi connectivity index (χ2v) is 13.0. The van der Waals surface area contributed by atoms with Crippen LogP contribution in [-0.2, 0) is 26.0 Å². The van der Waals surface area contributed by atoms with E-state index in [9.17, 15) is 27.2 Å². The average molecular weight is 688 g/mol. The highest BCUT2D eigenvalue weighted by Gasteiger charge is 2.34. The van der Waals surface area contributed by atoms with E-state index in [0.717, 1.165) is 19.1 Å². The molecule has 13 heteroatoms. The maximum atomic E-state index is 13.7. The predicted octanol–water partition coefficient (Wildman–Crippen LogP) is 5.78. The number of hydrogen-bond acceptors (Lipinski definition) is 8. The lowest BCUT2D eigenvalue weighted by Crippen LogP contribution is -2.30. The van der Waals surface area contributed by atoms with Crippen LogP contribution in [0.2, 0.25) is 0 Å². The van der Waals surface area contributed by atoms with E-state index in [1.165, 1.54) is 62.0 Å². The number of sulfonamides is 1. The summed E-state index contributed by atoms with van der Waals surface area (Å²) in [4.78, 5) is 38.2. The van der Waals surface area contributed by atoms with Gasteiger partial charge < -0.3 is 19.2 Å². The molecule has 0 atom stereocenters. The Morgan fingerprint density at radius 2 is 1.61 bits per heavy atom. The van der Waals surface area contributed by atoms with Crippen molar-refractivity contribution in [2.45, 2.75) is 25.3 Å². The third-order valence-electron chi connectivity index (χ3n) is 7.35. The molecule has 3 aromatic carbocycles. The van der Waals surface area contributed by atoms with Crippen molar-refractivity contribution in [3.8, 4) is 11.3 Å². The standard InChI is InChI=1S/C31H28BrFN2O8S/c1-34-29(36)26-21-13-20(17-5-6-17)24(14-25(21)43-28(26)18-7-9-19(33)10-8-18)35(44(4,39)40)15-16-11-22(30(37)41-2)27(32)23(12-16)31(38)42-3/h7-14,17H,5-6,15H2,1-4H3,(H,34,36). The molecule has 1 aromatic heterocycles. The van der Waals surface area contributed by atoms with Crippen molar-refractivity contribution in [3.05, 3.63) is 86.6 Å². The van der Waals surface area contributed by atoms with Crippen LogP contribution in [0.15, 0.2) is 57.4 Å². The van der Waals surface area contributed by atoms with Gasteiger partial charge in [0.15, 0.2) is 0 Å². The number of furan rings is 1. The first-order chi connectivity index (χ1) is 20.9. The number of methoxy groups -OCH3 is 2. The van der Waals surface area contributed by atoms with Gasteiger partial charge in [0.2, 0.25) is 10.0 Å². The van der Waals surface area contributed by atoms with Crippen molar-refractivity contribution < 1.29 is 41.1 Å². The molecule has 1 aliphatic rings. The summed E-state index contributed by atoms with van der Waals surface area (Å²) in [5, 5.41) is 3.10. The van der Waals surface area contributed by atoms with Crippen molar-refractivity contribution in [1.82, 2.24) is 5.32 Å². The molecule has 1 heterocycles. The van der Waals surface area contributed by atoms with Crippen molar-refractivity contribution in [2.24, 2.45) is 0 Å². The predicted molar refractivity (Wildman–Crippen MR) is 165 cm³/mol. The van der Waals surface area contributed by atoms with Gasteiger partial charge >= 0.3 is 11.9 Å². The highest BCUT2D eigenvalue weighted by molar-refractivity contribution is 9.10. The van der Waals surface area contributed by atoms with Crippen molar-refractivity contribution in [1.29, 1.82) is 0 Å². The van der Waals surface area contributed by atoms with E-state index in [1.54, 1.807) is 12.1 Å². The van der Waals surface area contributed by atoms with Crippen LogP contribution in [0, 0.1) is 5.82 Å². The number of carbonyl (C=O) groups is 3. The first-order valence-corrected chi connectivity index (χ1v) is 16.1. The molecular formula is C31H28BrFN2O8S. The number of rotatable bonds is 9. The number of nitrogens with zero attached hydrogens (tertiary/aromatic N) is 1. The summed E-state index contributed by atoms with van der Waals surface area (Å²) in [5.74, 6) is -2.10. The largest absolute Gasteiger partial charge is 0.465 e. The number of amides is 1. The van der Waals surface area contributed by atoms with E-state index >= 15 is 0 Å². The van der Waals surface area contributed by atoms with E-state index < -0.39 is 33.7 Å². The molecule has 1 aliphatic carbocycles. The fraction of sp³-hybridized carbons (Fsp3) is 0.258. The number of nitrogens with one attached hydrogen (secondary N) is 1. The molecule has 0 saturated heterocycles. The third-order valence-corrected chi connectivity index (χ3v) is 9.33. The summed E-state index contributed by atoms with van der Waals surface area (Å²) in [5.41, 5.74) is 2.33. The van der Waals surface area contributed by atoms with Gasteiger partial charge in [0.25, 0.3) is 5.91 Å². The van der Waals surface area contributed by atoms with Crippen LogP contribution in [0.4, 0.5) is 10.1 Å². The number of carbonyl (C=O) groups excluding carboxylic acids is 3. The average Bonchev–Trinajstić information content (AvgIpc) is 3.78. The zero-order valence-corrected chi connectivity index (χ0v) is 26.6. The molecule has 0 aliphatic heterocycles. The maximum Gasteiger partial charge on any atom is 0.339 e. The van der Waals surface area contributed by atoms with Gasteiger partial charge in [0.1, 0.15) is 17.2 Å². The number of anilines is 1. The lowest BCUT2D eigenvalue weighted by Gasteiger charge is -2.26. The van der Waals surface area contributed by atoms with Crippen LogP contribution in [0.1, 0.15) is 61.0 Å². The van der Waals surface area contributed by atoms with Crippen molar-refractivity contribution >= 4 is 60.5 Å². The first-order valence-electron chi connectivity index (χ1n) is 13.4. The molecule has 4 aromatic rings. The monoisotopic (exact) mass is 686 g/mol. The molecule has 1 saturated carbocycles. The second kappa shape index (κ2) is 12.0. The van der Waals surface area contributed by atoms with E-state index in [-0.39, 0.29) is 45.0 Å². The summed E-state index contributed by atoms with van der Waals surface area (Å²) in [6.07, 6.45) is 2.67. The highest BCUT2D eigenvalue weighted by Crippen LogP contribution is 2.48. The Bertz CT molecular complexity index is 1880. The molecule has 10 nitrogen and oxygen atoms in total. The number of halogens is 2. The first kappa shape index (κ1) is 31.2. The topological polar surface area (TPSA) is 132 Å². The normalized spacial score (nSPS) is 13.0. The number of hydrogen-bond donors (Lipinski definition) is 1. The minimum absolute atomic E-state index is 0.0157. The SMILES string of the molecule is CNC(=O)c1c(-c2ccc(F)cc2)oc2cc(N(Cc3cc(C(=O)OC)c(Br)c(C(=O)OC)c3)S(C)(=O)=O)c(C3CC3)cc12. The summed E-state index contributed by atoms with van der Waals surface area (Å²) < 4.78 is 57.7. The molecule has 1 amide bonds. The number of esters is 2. The Labute approximate surface area is 261 Å². The van der Waals surface area contributed by atoms with Gasteiger partial charge in [-0.1, -0.05) is 0 Å². The van der Waals surface area contributed by atoms with Crippen molar-refractivity contribution in [3.63, 3.8) is 0 Å². The summed E-state index contributed by atoms with van der Waals surface area (Å²) in [7, 11) is -0.0878. The van der Waals surface area contributed by atoms with Crippen LogP contribution in [-0.4, -0.2) is 53.8 Å². The van der Waals surface area contributed by atoms with Crippen LogP contribution >= 0.6 is 15.9 Å². The second-order valence-electron chi connectivity index (χ2n) is 10.3. The third kappa shape index (κ3) is 5.93. The molecule has 5 rings (SSSR count). The van der Waals surface area contributed by atoms with Crippen LogP contribution in [0.5, 0.6) is 0 Å². The summed E-state index contributed by atoms with van der Waals surface area (Å²) in [6, 6.07) is 11.7. The molecule has 1 fully saturated rings. The van der Waals surface area contributed by atoms with E-state index in [1.807, 2.05) is 0 Å².